The van der Waals surface area contributed by atoms with Crippen molar-refractivity contribution in [2.45, 2.75) is 13.8 Å². The van der Waals surface area contributed by atoms with Gasteiger partial charge in [0.15, 0.2) is 0 Å². The summed E-state index contributed by atoms with van der Waals surface area (Å²) in [5.41, 5.74) is 0.951. The van der Waals surface area contributed by atoms with E-state index in [4.69, 9.17) is 4.74 Å². The van der Waals surface area contributed by atoms with E-state index in [1.807, 2.05) is 13.0 Å². The van der Waals surface area contributed by atoms with E-state index in [1.54, 1.807) is 37.3 Å². The van der Waals surface area contributed by atoms with Crippen molar-refractivity contribution in [3.8, 4) is 0 Å². The first-order valence-electron chi connectivity index (χ1n) is 6.25. The summed E-state index contributed by atoms with van der Waals surface area (Å²) in [5, 5.41) is 3.29. The Labute approximate surface area is 121 Å². The van der Waals surface area contributed by atoms with E-state index in [0.717, 1.165) is 4.88 Å². The Morgan fingerprint density at radius 2 is 1.95 bits per heavy atom. The van der Waals surface area contributed by atoms with Crippen LogP contribution in [0, 0.1) is 6.92 Å². The van der Waals surface area contributed by atoms with Crippen molar-refractivity contribution in [1.29, 1.82) is 0 Å². The predicted molar refractivity (Wildman–Crippen MR) is 79.4 cm³/mol. The lowest BCUT2D eigenvalue weighted by molar-refractivity contribution is 0.0528. The normalized spacial score (nSPS) is 10.1. The molecule has 1 aromatic carbocycles. The Morgan fingerprint density at radius 1 is 1.25 bits per heavy atom. The molecule has 0 aliphatic heterocycles. The number of rotatable bonds is 4. The molecule has 1 N–H and O–H groups in total. The third-order valence-electron chi connectivity index (χ3n) is 2.61. The van der Waals surface area contributed by atoms with Gasteiger partial charge >= 0.3 is 5.97 Å². The van der Waals surface area contributed by atoms with E-state index in [0.29, 0.717) is 22.7 Å². The van der Waals surface area contributed by atoms with Gasteiger partial charge in [0.1, 0.15) is 5.00 Å². The maximum atomic E-state index is 12.1. The van der Waals surface area contributed by atoms with Crippen LogP contribution in [0.3, 0.4) is 0 Å². The van der Waals surface area contributed by atoms with Crippen LogP contribution in [0.25, 0.3) is 0 Å². The van der Waals surface area contributed by atoms with E-state index in [1.165, 1.54) is 11.3 Å². The molecule has 1 heterocycles. The Kier molecular flexibility index (Phi) is 4.53. The highest BCUT2D eigenvalue weighted by atomic mass is 32.1. The van der Waals surface area contributed by atoms with E-state index < -0.39 is 5.97 Å². The lowest BCUT2D eigenvalue weighted by atomic mass is 10.2. The molecule has 0 unspecified atom stereocenters. The number of aryl methyl sites for hydroxylation is 1. The average Bonchev–Trinajstić information content (AvgIpc) is 2.81. The predicted octanol–water partition coefficient (Wildman–Crippen LogP) is 3.49. The fourth-order valence-corrected chi connectivity index (χ4v) is 2.63. The van der Waals surface area contributed by atoms with Crippen molar-refractivity contribution in [3.63, 3.8) is 0 Å². The number of carbonyl (C=O) groups excluding carboxylic acids is 2. The number of benzene rings is 1. The molecule has 2 rings (SSSR count). The molecule has 0 atom stereocenters. The van der Waals surface area contributed by atoms with Gasteiger partial charge in [-0.1, -0.05) is 18.2 Å². The minimum absolute atomic E-state index is 0.238. The van der Waals surface area contributed by atoms with Crippen molar-refractivity contribution in [2.24, 2.45) is 0 Å². The van der Waals surface area contributed by atoms with Crippen LogP contribution in [0.1, 0.15) is 32.5 Å². The zero-order valence-corrected chi connectivity index (χ0v) is 12.1. The minimum atomic E-state index is -0.416. The van der Waals surface area contributed by atoms with E-state index in [9.17, 15) is 9.59 Å². The largest absolute Gasteiger partial charge is 0.462 e. The summed E-state index contributed by atoms with van der Waals surface area (Å²) in [5.74, 6) is -0.654. The van der Waals surface area contributed by atoms with Gasteiger partial charge in [0, 0.05) is 10.4 Å². The molecule has 4 nitrogen and oxygen atoms in total. The van der Waals surface area contributed by atoms with Gasteiger partial charge in [-0.2, -0.15) is 0 Å². The molecule has 0 aliphatic rings. The SMILES string of the molecule is CCOC(=O)c1cc(C)sc1NC(=O)c1ccccc1. The summed E-state index contributed by atoms with van der Waals surface area (Å²) in [6.45, 7) is 3.94. The first-order chi connectivity index (χ1) is 9.61. The molecule has 1 amide bonds. The molecular formula is C15H15NO3S. The first kappa shape index (κ1) is 14.3. The van der Waals surface area contributed by atoms with Crippen LogP contribution in [-0.2, 0) is 4.74 Å². The van der Waals surface area contributed by atoms with Gasteiger partial charge in [-0.25, -0.2) is 4.79 Å². The second-order valence-electron chi connectivity index (χ2n) is 4.14. The smallest absolute Gasteiger partial charge is 0.341 e. The molecular weight excluding hydrogens is 274 g/mol. The first-order valence-corrected chi connectivity index (χ1v) is 7.07. The lowest BCUT2D eigenvalue weighted by Crippen LogP contribution is -2.14. The molecule has 20 heavy (non-hydrogen) atoms. The van der Waals surface area contributed by atoms with E-state index >= 15 is 0 Å². The van der Waals surface area contributed by atoms with Crippen molar-refractivity contribution in [3.05, 3.63) is 52.4 Å². The number of nitrogens with one attached hydrogen (secondary N) is 1. The fraction of sp³-hybridized carbons (Fsp3) is 0.200. The van der Waals surface area contributed by atoms with Crippen molar-refractivity contribution < 1.29 is 14.3 Å². The highest BCUT2D eigenvalue weighted by Gasteiger charge is 2.18. The molecule has 1 aromatic heterocycles. The summed E-state index contributed by atoms with van der Waals surface area (Å²) in [7, 11) is 0. The highest BCUT2D eigenvalue weighted by Crippen LogP contribution is 2.28. The van der Waals surface area contributed by atoms with Crippen molar-refractivity contribution in [2.75, 3.05) is 11.9 Å². The average molecular weight is 289 g/mol. The molecule has 2 aromatic rings. The van der Waals surface area contributed by atoms with Crippen molar-refractivity contribution in [1.82, 2.24) is 0 Å². The second-order valence-corrected chi connectivity index (χ2v) is 5.40. The molecule has 0 radical (unpaired) electrons. The summed E-state index contributed by atoms with van der Waals surface area (Å²) < 4.78 is 4.99. The van der Waals surface area contributed by atoms with Crippen molar-refractivity contribution >= 4 is 28.2 Å². The van der Waals surface area contributed by atoms with Gasteiger partial charge in [-0.15, -0.1) is 11.3 Å². The van der Waals surface area contributed by atoms with Crippen LogP contribution in [0.5, 0.6) is 0 Å². The Bertz CT molecular complexity index is 619. The lowest BCUT2D eigenvalue weighted by Gasteiger charge is -2.06. The molecule has 5 heteroatoms. The van der Waals surface area contributed by atoms with Crippen LogP contribution < -0.4 is 5.32 Å². The van der Waals surface area contributed by atoms with E-state index in [-0.39, 0.29) is 5.91 Å². The van der Waals surface area contributed by atoms with Crippen LogP contribution in [0.15, 0.2) is 36.4 Å². The summed E-state index contributed by atoms with van der Waals surface area (Å²) >= 11 is 1.36. The number of amides is 1. The molecule has 0 saturated heterocycles. The van der Waals surface area contributed by atoms with Crippen LogP contribution in [-0.4, -0.2) is 18.5 Å². The summed E-state index contributed by atoms with van der Waals surface area (Å²) in [6, 6.07) is 10.6. The Morgan fingerprint density at radius 3 is 2.60 bits per heavy atom. The zero-order chi connectivity index (χ0) is 14.5. The van der Waals surface area contributed by atoms with Gasteiger partial charge < -0.3 is 10.1 Å². The Hall–Kier alpha value is -2.14. The quantitative estimate of drug-likeness (QED) is 0.877. The fourth-order valence-electron chi connectivity index (χ4n) is 1.73. The monoisotopic (exact) mass is 289 g/mol. The number of carbonyl (C=O) groups is 2. The summed E-state index contributed by atoms with van der Waals surface area (Å²) in [6.07, 6.45) is 0. The molecule has 0 aliphatic carbocycles. The maximum absolute atomic E-state index is 12.1. The standard InChI is InChI=1S/C15H15NO3S/c1-3-19-15(18)12-9-10(2)20-14(12)16-13(17)11-7-5-4-6-8-11/h4-9H,3H2,1-2H3,(H,16,17). The molecule has 0 saturated carbocycles. The third-order valence-corrected chi connectivity index (χ3v) is 3.58. The molecule has 0 bridgehead atoms. The minimum Gasteiger partial charge on any atom is -0.462 e. The van der Waals surface area contributed by atoms with Crippen LogP contribution in [0.4, 0.5) is 5.00 Å². The number of esters is 1. The third kappa shape index (κ3) is 3.24. The van der Waals surface area contributed by atoms with E-state index in [2.05, 4.69) is 5.32 Å². The molecule has 0 fully saturated rings. The number of anilines is 1. The number of ether oxygens (including phenoxy) is 1. The Balaban J connectivity index is 2.21. The highest BCUT2D eigenvalue weighted by molar-refractivity contribution is 7.16. The number of thiophene rings is 1. The van der Waals surface area contributed by atoms with Gasteiger partial charge in [0.05, 0.1) is 12.2 Å². The van der Waals surface area contributed by atoms with Gasteiger partial charge in [-0.3, -0.25) is 4.79 Å². The number of hydrogen-bond acceptors (Lipinski definition) is 4. The molecule has 0 spiro atoms. The number of hydrogen-bond donors (Lipinski definition) is 1. The molecule has 104 valence electrons. The van der Waals surface area contributed by atoms with Crippen LogP contribution in [0.2, 0.25) is 0 Å². The van der Waals surface area contributed by atoms with Crippen LogP contribution >= 0.6 is 11.3 Å². The van der Waals surface area contributed by atoms with Gasteiger partial charge in [0.25, 0.3) is 5.91 Å². The van der Waals surface area contributed by atoms with Gasteiger partial charge in [-0.05, 0) is 32.0 Å². The second kappa shape index (κ2) is 6.34. The summed E-state index contributed by atoms with van der Waals surface area (Å²) in [4.78, 5) is 24.9. The maximum Gasteiger partial charge on any atom is 0.341 e. The zero-order valence-electron chi connectivity index (χ0n) is 11.3. The topological polar surface area (TPSA) is 55.4 Å². The van der Waals surface area contributed by atoms with Gasteiger partial charge in [0.2, 0.25) is 0 Å².